The summed E-state index contributed by atoms with van der Waals surface area (Å²) in [6.07, 6.45) is 6.32. The van der Waals surface area contributed by atoms with Crippen LogP contribution in [-0.4, -0.2) is 58.4 Å². The van der Waals surface area contributed by atoms with Gasteiger partial charge in [-0.3, -0.25) is 14.9 Å². The Morgan fingerprint density at radius 1 is 1.21 bits per heavy atom. The van der Waals surface area contributed by atoms with Crippen molar-refractivity contribution in [2.75, 3.05) is 25.1 Å². The molecule has 2 saturated heterocycles. The van der Waals surface area contributed by atoms with Crippen LogP contribution in [0.4, 0.5) is 0 Å². The van der Waals surface area contributed by atoms with Crippen molar-refractivity contribution in [3.63, 3.8) is 0 Å². The fraction of sp³-hybridized carbons (Fsp3) is 0.652. The molecule has 6 heteroatoms. The van der Waals surface area contributed by atoms with E-state index in [0.717, 1.165) is 56.5 Å². The van der Waals surface area contributed by atoms with Crippen molar-refractivity contribution in [3.05, 3.63) is 35.9 Å². The lowest BCUT2D eigenvalue weighted by Crippen LogP contribution is -2.59. The number of nitrogens with zero attached hydrogens (tertiary/aromatic N) is 2. The van der Waals surface area contributed by atoms with Gasteiger partial charge in [0.15, 0.2) is 0 Å². The number of hydrogen-bond acceptors (Lipinski definition) is 4. The van der Waals surface area contributed by atoms with Crippen molar-refractivity contribution in [2.24, 2.45) is 5.92 Å². The molecule has 2 aliphatic rings. The molecule has 1 aromatic rings. The van der Waals surface area contributed by atoms with Crippen LogP contribution in [0.3, 0.4) is 0 Å². The molecule has 160 valence electrons. The Balaban J connectivity index is 1.75. The maximum Gasteiger partial charge on any atom is 0.241 e. The third-order valence-electron chi connectivity index (χ3n) is 6.55. The van der Waals surface area contributed by atoms with Gasteiger partial charge in [-0.1, -0.05) is 44.2 Å². The average Bonchev–Trinajstić information content (AvgIpc) is 2.99. The van der Waals surface area contributed by atoms with Crippen molar-refractivity contribution in [1.29, 1.82) is 0 Å². The molecule has 0 unspecified atom stereocenters. The summed E-state index contributed by atoms with van der Waals surface area (Å²) in [6.45, 7) is 6.24. The lowest BCUT2D eigenvalue weighted by Gasteiger charge is -2.45. The monoisotopic (exact) mass is 417 g/mol. The fourth-order valence-electron chi connectivity index (χ4n) is 4.70. The molecule has 0 saturated carbocycles. The smallest absolute Gasteiger partial charge is 0.241 e. The summed E-state index contributed by atoms with van der Waals surface area (Å²) in [7, 11) is 0. The molecular formula is C23H35N3O2S. The molecule has 2 aliphatic heterocycles. The minimum Gasteiger partial charge on any atom is -0.342 e. The highest BCUT2D eigenvalue weighted by Gasteiger charge is 2.51. The van der Waals surface area contributed by atoms with Gasteiger partial charge in [0, 0.05) is 38.4 Å². The zero-order valence-corrected chi connectivity index (χ0v) is 18.8. The van der Waals surface area contributed by atoms with Crippen LogP contribution >= 0.6 is 11.8 Å². The Morgan fingerprint density at radius 2 is 1.86 bits per heavy atom. The summed E-state index contributed by atoms with van der Waals surface area (Å²) in [4.78, 5) is 30.2. The molecule has 1 N–H and O–H groups in total. The third-order valence-corrected chi connectivity index (χ3v) is 7.20. The minimum atomic E-state index is -0.333. The maximum absolute atomic E-state index is 13.3. The van der Waals surface area contributed by atoms with E-state index in [0.29, 0.717) is 6.54 Å². The highest BCUT2D eigenvalue weighted by molar-refractivity contribution is 7.98. The number of likely N-dealkylation sites (tertiary alicyclic amines) is 1. The van der Waals surface area contributed by atoms with Crippen molar-refractivity contribution < 1.29 is 9.59 Å². The van der Waals surface area contributed by atoms with Crippen molar-refractivity contribution >= 4 is 23.6 Å². The largest absolute Gasteiger partial charge is 0.342 e. The summed E-state index contributed by atoms with van der Waals surface area (Å²) in [5.74, 6) is 1.58. The first-order valence-electron chi connectivity index (χ1n) is 11.0. The Hall–Kier alpha value is -1.53. The summed E-state index contributed by atoms with van der Waals surface area (Å²) in [5.41, 5.74) is 0.823. The summed E-state index contributed by atoms with van der Waals surface area (Å²) < 4.78 is 0. The van der Waals surface area contributed by atoms with Crippen LogP contribution < -0.4 is 5.32 Å². The standard InChI is InChI=1S/C23H35N3O2S/c1-4-19(5-2)21(27)25-14-12-23(13-15-25)24-20(11-16-29-3)22(28)26(23)17-18-9-7-6-8-10-18/h6-10,19-20,24H,4-5,11-17H2,1-3H3/t20-/m0/s1. The van der Waals surface area contributed by atoms with Gasteiger partial charge in [-0.05, 0) is 36.8 Å². The molecule has 0 aliphatic carbocycles. The Labute approximate surface area is 179 Å². The van der Waals surface area contributed by atoms with Crippen LogP contribution in [-0.2, 0) is 16.1 Å². The summed E-state index contributed by atoms with van der Waals surface area (Å²) in [5, 5.41) is 3.70. The van der Waals surface area contributed by atoms with E-state index >= 15 is 0 Å². The Bertz CT molecular complexity index is 685. The fourth-order valence-corrected chi connectivity index (χ4v) is 5.17. The first-order valence-corrected chi connectivity index (χ1v) is 12.3. The molecule has 29 heavy (non-hydrogen) atoms. The molecule has 0 radical (unpaired) electrons. The van der Waals surface area contributed by atoms with E-state index in [2.05, 4.69) is 42.5 Å². The normalized spacial score (nSPS) is 21.4. The summed E-state index contributed by atoms with van der Waals surface area (Å²) in [6, 6.07) is 10.1. The number of carbonyl (C=O) groups is 2. The second-order valence-electron chi connectivity index (χ2n) is 8.26. The van der Waals surface area contributed by atoms with Gasteiger partial charge in [-0.25, -0.2) is 0 Å². The number of hydrogen-bond donors (Lipinski definition) is 1. The molecule has 1 spiro atoms. The first-order chi connectivity index (χ1) is 14.0. The van der Waals surface area contributed by atoms with Gasteiger partial charge in [0.05, 0.1) is 11.7 Å². The number of amides is 2. The van der Waals surface area contributed by atoms with E-state index in [1.165, 1.54) is 0 Å². The van der Waals surface area contributed by atoms with E-state index in [1.807, 2.05) is 23.1 Å². The average molecular weight is 418 g/mol. The molecule has 1 aromatic carbocycles. The van der Waals surface area contributed by atoms with Gasteiger partial charge < -0.3 is 9.80 Å². The zero-order chi connectivity index (χ0) is 20.9. The molecule has 2 fully saturated rings. The summed E-state index contributed by atoms with van der Waals surface area (Å²) >= 11 is 1.78. The second kappa shape index (κ2) is 9.98. The van der Waals surface area contributed by atoms with E-state index in [1.54, 1.807) is 11.8 Å². The predicted molar refractivity (Wildman–Crippen MR) is 120 cm³/mol. The molecule has 3 rings (SSSR count). The van der Waals surface area contributed by atoms with E-state index in [4.69, 9.17) is 0 Å². The van der Waals surface area contributed by atoms with Crippen LogP contribution in [0.15, 0.2) is 30.3 Å². The van der Waals surface area contributed by atoms with E-state index in [-0.39, 0.29) is 29.4 Å². The molecule has 1 atom stereocenters. The van der Waals surface area contributed by atoms with Gasteiger partial charge in [0.2, 0.25) is 11.8 Å². The molecule has 2 heterocycles. The molecule has 0 aromatic heterocycles. The number of carbonyl (C=O) groups excluding carboxylic acids is 2. The van der Waals surface area contributed by atoms with Crippen molar-refractivity contribution in [1.82, 2.24) is 15.1 Å². The Kier molecular flexibility index (Phi) is 7.63. The molecule has 2 amide bonds. The quantitative estimate of drug-likeness (QED) is 0.703. The van der Waals surface area contributed by atoms with Crippen LogP contribution in [0.2, 0.25) is 0 Å². The predicted octanol–water partition coefficient (Wildman–Crippen LogP) is 3.50. The van der Waals surface area contributed by atoms with Crippen molar-refractivity contribution in [3.8, 4) is 0 Å². The maximum atomic E-state index is 13.3. The number of benzene rings is 1. The molecular weight excluding hydrogens is 382 g/mol. The van der Waals surface area contributed by atoms with Gasteiger partial charge >= 0.3 is 0 Å². The number of thioether (sulfide) groups is 1. The Morgan fingerprint density at radius 3 is 2.45 bits per heavy atom. The second-order valence-corrected chi connectivity index (χ2v) is 9.24. The topological polar surface area (TPSA) is 52.7 Å². The van der Waals surface area contributed by atoms with Crippen molar-refractivity contribution in [2.45, 2.75) is 64.2 Å². The highest BCUT2D eigenvalue weighted by Crippen LogP contribution is 2.35. The third kappa shape index (κ3) is 4.80. The van der Waals surface area contributed by atoms with Gasteiger partial charge in [-0.2, -0.15) is 11.8 Å². The van der Waals surface area contributed by atoms with Gasteiger partial charge in [0.1, 0.15) is 0 Å². The van der Waals surface area contributed by atoms with Crippen LogP contribution in [0, 0.1) is 5.92 Å². The molecule has 5 nitrogen and oxygen atoms in total. The van der Waals surface area contributed by atoms with Crippen LogP contribution in [0.5, 0.6) is 0 Å². The lowest BCUT2D eigenvalue weighted by atomic mass is 9.93. The number of rotatable bonds is 8. The van der Waals surface area contributed by atoms with Crippen LogP contribution in [0.25, 0.3) is 0 Å². The van der Waals surface area contributed by atoms with E-state index < -0.39 is 0 Å². The lowest BCUT2D eigenvalue weighted by molar-refractivity contribution is -0.140. The first kappa shape index (κ1) is 22.2. The zero-order valence-electron chi connectivity index (χ0n) is 18.0. The van der Waals surface area contributed by atoms with E-state index in [9.17, 15) is 9.59 Å². The molecule has 0 bridgehead atoms. The number of piperidine rings is 1. The SMILES string of the molecule is CCC(CC)C(=O)N1CCC2(CC1)N[C@@H](CCSC)C(=O)N2Cc1ccccc1. The number of nitrogens with one attached hydrogen (secondary N) is 1. The van der Waals surface area contributed by atoms with Gasteiger partial charge in [0.25, 0.3) is 0 Å². The van der Waals surface area contributed by atoms with Gasteiger partial charge in [-0.15, -0.1) is 0 Å². The minimum absolute atomic E-state index is 0.118. The highest BCUT2D eigenvalue weighted by atomic mass is 32.2. The van der Waals surface area contributed by atoms with Crippen LogP contribution in [0.1, 0.15) is 51.5 Å².